The van der Waals surface area contributed by atoms with E-state index in [0.717, 1.165) is 17.7 Å². The summed E-state index contributed by atoms with van der Waals surface area (Å²) in [5, 5.41) is 7.24. The van der Waals surface area contributed by atoms with Crippen molar-refractivity contribution in [3.8, 4) is 0 Å². The molecule has 1 heterocycles. The molecule has 1 amide bonds. The second-order valence-electron chi connectivity index (χ2n) is 5.50. The summed E-state index contributed by atoms with van der Waals surface area (Å²) >= 11 is 0. The molecule has 2 aromatic rings. The highest BCUT2D eigenvalue weighted by atomic mass is 16.1. The van der Waals surface area contributed by atoms with E-state index in [9.17, 15) is 4.79 Å². The van der Waals surface area contributed by atoms with Crippen molar-refractivity contribution in [1.82, 2.24) is 15.1 Å². The third-order valence-electron chi connectivity index (χ3n) is 3.81. The van der Waals surface area contributed by atoms with E-state index in [1.807, 2.05) is 41.2 Å². The molecule has 1 aromatic heterocycles. The van der Waals surface area contributed by atoms with E-state index in [4.69, 9.17) is 0 Å². The summed E-state index contributed by atoms with van der Waals surface area (Å²) in [6.45, 7) is 2.81. The number of carbonyl (C=O) groups excluding carboxylic acids is 1. The van der Waals surface area contributed by atoms with Crippen LogP contribution < -0.4 is 5.32 Å². The van der Waals surface area contributed by atoms with E-state index in [2.05, 4.69) is 17.3 Å². The summed E-state index contributed by atoms with van der Waals surface area (Å²) in [5.41, 5.74) is 1.86. The zero-order valence-electron chi connectivity index (χ0n) is 11.6. The Labute approximate surface area is 118 Å². The minimum Gasteiger partial charge on any atom is -0.349 e. The van der Waals surface area contributed by atoms with E-state index >= 15 is 0 Å². The van der Waals surface area contributed by atoms with Crippen LogP contribution in [-0.2, 0) is 6.54 Å². The molecule has 0 saturated heterocycles. The van der Waals surface area contributed by atoms with E-state index in [-0.39, 0.29) is 11.9 Å². The molecule has 1 saturated carbocycles. The maximum atomic E-state index is 12.1. The van der Waals surface area contributed by atoms with Gasteiger partial charge in [0.05, 0.1) is 6.54 Å². The van der Waals surface area contributed by atoms with Crippen LogP contribution in [0.5, 0.6) is 0 Å². The van der Waals surface area contributed by atoms with Crippen LogP contribution in [0.1, 0.15) is 35.7 Å². The van der Waals surface area contributed by atoms with Crippen molar-refractivity contribution >= 4 is 5.91 Å². The molecule has 1 aliphatic carbocycles. The van der Waals surface area contributed by atoms with Gasteiger partial charge in [-0.05, 0) is 49.4 Å². The van der Waals surface area contributed by atoms with Crippen LogP contribution in [0.3, 0.4) is 0 Å². The Morgan fingerprint density at radius 2 is 2.15 bits per heavy atom. The average molecular weight is 269 g/mol. The van der Waals surface area contributed by atoms with Crippen LogP contribution in [-0.4, -0.2) is 21.7 Å². The van der Waals surface area contributed by atoms with Gasteiger partial charge in [0.25, 0.3) is 5.91 Å². The molecule has 1 aromatic carbocycles. The molecule has 1 fully saturated rings. The number of nitrogens with zero attached hydrogens (tertiary/aromatic N) is 2. The van der Waals surface area contributed by atoms with Crippen LogP contribution in [0.25, 0.3) is 0 Å². The van der Waals surface area contributed by atoms with Gasteiger partial charge >= 0.3 is 0 Å². The van der Waals surface area contributed by atoms with Gasteiger partial charge in [0.1, 0.15) is 0 Å². The van der Waals surface area contributed by atoms with Crippen LogP contribution in [0.15, 0.2) is 42.7 Å². The number of hydrogen-bond donors (Lipinski definition) is 1. The summed E-state index contributed by atoms with van der Waals surface area (Å²) in [6.07, 6.45) is 6.17. The van der Waals surface area contributed by atoms with E-state index < -0.39 is 0 Å². The summed E-state index contributed by atoms with van der Waals surface area (Å²) in [4.78, 5) is 12.1. The fourth-order valence-electron chi connectivity index (χ4n) is 2.35. The molecule has 0 bridgehead atoms. The summed E-state index contributed by atoms with van der Waals surface area (Å²) in [5.74, 6) is 0.702. The number of hydrogen-bond acceptors (Lipinski definition) is 2. The van der Waals surface area contributed by atoms with Gasteiger partial charge in [-0.25, -0.2) is 0 Å². The van der Waals surface area contributed by atoms with Gasteiger partial charge in [-0.1, -0.05) is 12.1 Å². The Morgan fingerprint density at radius 1 is 1.40 bits per heavy atom. The largest absolute Gasteiger partial charge is 0.349 e. The Morgan fingerprint density at radius 3 is 2.75 bits per heavy atom. The number of rotatable bonds is 5. The topological polar surface area (TPSA) is 46.9 Å². The van der Waals surface area contributed by atoms with Crippen molar-refractivity contribution in [3.63, 3.8) is 0 Å². The van der Waals surface area contributed by atoms with E-state index in [1.54, 1.807) is 6.20 Å². The Balaban J connectivity index is 1.61. The SMILES string of the molecule is CC(NC(=O)c1ccc(Cn2cccn2)cc1)C1CC1. The van der Waals surface area contributed by atoms with Gasteiger partial charge in [-0.3, -0.25) is 9.48 Å². The third kappa shape index (κ3) is 3.07. The first-order valence-corrected chi connectivity index (χ1v) is 7.09. The second kappa shape index (κ2) is 5.49. The molecule has 0 radical (unpaired) electrons. The number of aromatic nitrogens is 2. The number of nitrogens with one attached hydrogen (secondary N) is 1. The van der Waals surface area contributed by atoms with Crippen molar-refractivity contribution in [3.05, 3.63) is 53.9 Å². The molecule has 4 nitrogen and oxygen atoms in total. The van der Waals surface area contributed by atoms with Gasteiger partial charge in [-0.2, -0.15) is 5.10 Å². The fraction of sp³-hybridized carbons (Fsp3) is 0.375. The monoisotopic (exact) mass is 269 g/mol. The normalized spacial score (nSPS) is 15.8. The van der Waals surface area contributed by atoms with Crippen molar-refractivity contribution in [2.45, 2.75) is 32.4 Å². The predicted octanol–water partition coefficient (Wildman–Crippen LogP) is 2.46. The van der Waals surface area contributed by atoms with Crippen molar-refractivity contribution < 1.29 is 4.79 Å². The lowest BCUT2D eigenvalue weighted by molar-refractivity contribution is 0.0936. The molecule has 0 spiro atoms. The molecule has 0 aliphatic heterocycles. The second-order valence-corrected chi connectivity index (χ2v) is 5.50. The van der Waals surface area contributed by atoms with Gasteiger partial charge in [0.15, 0.2) is 0 Å². The zero-order valence-corrected chi connectivity index (χ0v) is 11.6. The highest BCUT2D eigenvalue weighted by Gasteiger charge is 2.28. The number of benzene rings is 1. The smallest absolute Gasteiger partial charge is 0.251 e. The van der Waals surface area contributed by atoms with Crippen LogP contribution in [0, 0.1) is 5.92 Å². The summed E-state index contributed by atoms with van der Waals surface area (Å²) < 4.78 is 1.87. The zero-order chi connectivity index (χ0) is 13.9. The van der Waals surface area contributed by atoms with Gasteiger partial charge in [0.2, 0.25) is 0 Å². The Bertz CT molecular complexity index is 570. The standard InChI is InChI=1S/C16H19N3O/c1-12(14-7-8-14)18-16(20)15-5-3-13(4-6-15)11-19-10-2-9-17-19/h2-6,9-10,12,14H,7-8,11H2,1H3,(H,18,20). The quantitative estimate of drug-likeness (QED) is 0.906. The minimum absolute atomic E-state index is 0.0232. The van der Waals surface area contributed by atoms with Gasteiger partial charge in [0, 0.05) is 24.0 Å². The molecule has 4 heteroatoms. The first-order chi connectivity index (χ1) is 9.72. The first-order valence-electron chi connectivity index (χ1n) is 7.09. The lowest BCUT2D eigenvalue weighted by atomic mass is 10.1. The highest BCUT2D eigenvalue weighted by molar-refractivity contribution is 5.94. The Hall–Kier alpha value is -2.10. The number of carbonyl (C=O) groups is 1. The molecule has 1 unspecified atom stereocenters. The number of amides is 1. The molecule has 1 aliphatic rings. The maximum Gasteiger partial charge on any atom is 0.251 e. The maximum absolute atomic E-state index is 12.1. The van der Waals surface area contributed by atoms with Crippen molar-refractivity contribution in [1.29, 1.82) is 0 Å². The fourth-order valence-corrected chi connectivity index (χ4v) is 2.35. The van der Waals surface area contributed by atoms with Crippen LogP contribution in [0.4, 0.5) is 0 Å². The average Bonchev–Trinajstić information content (AvgIpc) is 3.19. The van der Waals surface area contributed by atoms with Crippen LogP contribution in [0.2, 0.25) is 0 Å². The first kappa shape index (κ1) is 12.9. The third-order valence-corrected chi connectivity index (χ3v) is 3.81. The van der Waals surface area contributed by atoms with Crippen molar-refractivity contribution in [2.24, 2.45) is 5.92 Å². The minimum atomic E-state index is 0.0232. The lowest BCUT2D eigenvalue weighted by Gasteiger charge is -2.13. The molecule has 104 valence electrons. The van der Waals surface area contributed by atoms with E-state index in [1.165, 1.54) is 12.8 Å². The molecular formula is C16H19N3O. The predicted molar refractivity (Wildman–Crippen MR) is 77.4 cm³/mol. The summed E-state index contributed by atoms with van der Waals surface area (Å²) in [7, 11) is 0. The molecule has 1 N–H and O–H groups in total. The van der Waals surface area contributed by atoms with E-state index in [0.29, 0.717) is 5.92 Å². The Kier molecular flexibility index (Phi) is 3.54. The van der Waals surface area contributed by atoms with Crippen molar-refractivity contribution in [2.75, 3.05) is 0 Å². The molecule has 20 heavy (non-hydrogen) atoms. The molecule has 3 rings (SSSR count). The van der Waals surface area contributed by atoms with Crippen LogP contribution >= 0.6 is 0 Å². The highest BCUT2D eigenvalue weighted by Crippen LogP contribution is 2.32. The molecule has 1 atom stereocenters. The molecular weight excluding hydrogens is 250 g/mol. The summed E-state index contributed by atoms with van der Waals surface area (Å²) in [6, 6.07) is 9.92. The lowest BCUT2D eigenvalue weighted by Crippen LogP contribution is -2.33. The van der Waals surface area contributed by atoms with Gasteiger partial charge in [-0.15, -0.1) is 0 Å². The van der Waals surface area contributed by atoms with Gasteiger partial charge < -0.3 is 5.32 Å².